The molecule has 3 aliphatic heterocycles. The van der Waals surface area contributed by atoms with E-state index in [4.69, 9.17) is 14.7 Å². The maximum absolute atomic E-state index is 5.98. The summed E-state index contributed by atoms with van der Waals surface area (Å²) in [5, 5.41) is 0. The molecule has 3 aliphatic rings. The zero-order valence-electron chi connectivity index (χ0n) is 19.4. The van der Waals surface area contributed by atoms with Gasteiger partial charge in [-0.25, -0.2) is 0 Å². The SMILES string of the molecule is CC(C)c1ccc2c(n1)CN(C)CC2CC(C)c1ccc(N2C[C@H]3CC[C@@H](C2)O3)cn1. The van der Waals surface area contributed by atoms with Crippen molar-refractivity contribution in [1.29, 1.82) is 0 Å². The maximum Gasteiger partial charge on any atom is 0.0755 e. The smallest absolute Gasteiger partial charge is 0.0755 e. The Hall–Kier alpha value is -1.98. The predicted molar refractivity (Wildman–Crippen MR) is 125 cm³/mol. The molecule has 5 nitrogen and oxygen atoms in total. The molecule has 2 fully saturated rings. The summed E-state index contributed by atoms with van der Waals surface area (Å²) in [6.07, 6.45) is 6.40. The number of rotatable bonds is 5. The van der Waals surface area contributed by atoms with Gasteiger partial charge in [-0.2, -0.15) is 0 Å². The van der Waals surface area contributed by atoms with E-state index in [1.165, 1.54) is 41.2 Å². The molecule has 0 N–H and O–H groups in total. The highest BCUT2D eigenvalue weighted by atomic mass is 16.5. The largest absolute Gasteiger partial charge is 0.371 e. The van der Waals surface area contributed by atoms with Crippen LogP contribution in [0.25, 0.3) is 0 Å². The standard InChI is InChI=1S/C26H36N4O/c1-17(2)24-10-8-23-19(13-29(4)16-26(23)28-24)11-18(3)25-9-5-20(12-27-25)30-14-21-6-7-22(15-30)31-21/h5,8-10,12,17-19,21-22H,6-7,11,13-16H2,1-4H3/t18?,19?,21-,22+. The van der Waals surface area contributed by atoms with Gasteiger partial charge in [0.1, 0.15) is 0 Å². The highest BCUT2D eigenvalue weighted by molar-refractivity contribution is 5.46. The molecule has 0 aromatic carbocycles. The Morgan fingerprint density at radius 2 is 1.74 bits per heavy atom. The summed E-state index contributed by atoms with van der Waals surface area (Å²) in [6.45, 7) is 10.8. The minimum absolute atomic E-state index is 0.408. The van der Waals surface area contributed by atoms with Crippen molar-refractivity contribution in [2.45, 2.75) is 76.5 Å². The van der Waals surface area contributed by atoms with Gasteiger partial charge in [0.05, 0.1) is 29.8 Å². The molecule has 0 amide bonds. The van der Waals surface area contributed by atoms with Crippen molar-refractivity contribution < 1.29 is 4.74 Å². The number of pyridine rings is 2. The van der Waals surface area contributed by atoms with Crippen molar-refractivity contribution in [2.24, 2.45) is 0 Å². The van der Waals surface area contributed by atoms with Crippen LogP contribution < -0.4 is 4.90 Å². The third-order valence-electron chi connectivity index (χ3n) is 7.34. The van der Waals surface area contributed by atoms with E-state index in [9.17, 15) is 0 Å². The van der Waals surface area contributed by atoms with Crippen molar-refractivity contribution in [2.75, 3.05) is 31.6 Å². The van der Waals surface area contributed by atoms with Crippen LogP contribution in [0.15, 0.2) is 30.5 Å². The van der Waals surface area contributed by atoms with E-state index in [2.05, 4.69) is 68.1 Å². The average Bonchev–Trinajstić information content (AvgIpc) is 3.10. The van der Waals surface area contributed by atoms with Gasteiger partial charge in [-0.3, -0.25) is 14.9 Å². The number of likely N-dealkylation sites (N-methyl/N-ethyl adjacent to an activating group) is 1. The Morgan fingerprint density at radius 1 is 1.00 bits per heavy atom. The average molecular weight is 421 g/mol. The first-order chi connectivity index (χ1) is 15.0. The van der Waals surface area contributed by atoms with Crippen LogP contribution in [0.5, 0.6) is 0 Å². The van der Waals surface area contributed by atoms with Gasteiger partial charge in [0.2, 0.25) is 0 Å². The number of morpholine rings is 1. The first-order valence-electron chi connectivity index (χ1n) is 12.0. The number of aromatic nitrogens is 2. The summed E-state index contributed by atoms with van der Waals surface area (Å²) in [6, 6.07) is 9.08. The molecule has 2 aromatic heterocycles. The number of nitrogens with zero attached hydrogens (tertiary/aromatic N) is 4. The molecule has 0 saturated carbocycles. The summed E-state index contributed by atoms with van der Waals surface area (Å²) < 4.78 is 5.98. The second-order valence-corrected chi connectivity index (χ2v) is 10.3. The van der Waals surface area contributed by atoms with Crippen LogP contribution in [0.4, 0.5) is 5.69 Å². The summed E-state index contributed by atoms with van der Waals surface area (Å²) >= 11 is 0. The molecular formula is C26H36N4O. The molecule has 5 heterocycles. The normalized spacial score (nSPS) is 26.9. The van der Waals surface area contributed by atoms with E-state index in [-0.39, 0.29) is 0 Å². The van der Waals surface area contributed by atoms with Gasteiger partial charge >= 0.3 is 0 Å². The first-order valence-corrected chi connectivity index (χ1v) is 12.0. The summed E-state index contributed by atoms with van der Waals surface area (Å²) in [7, 11) is 2.22. The van der Waals surface area contributed by atoms with Crippen molar-refractivity contribution in [3.8, 4) is 0 Å². The fourth-order valence-corrected chi connectivity index (χ4v) is 5.59. The zero-order chi connectivity index (χ0) is 21.5. The lowest BCUT2D eigenvalue weighted by atomic mass is 9.84. The lowest BCUT2D eigenvalue weighted by Crippen LogP contribution is -2.42. The van der Waals surface area contributed by atoms with Crippen LogP contribution in [0.3, 0.4) is 0 Å². The second-order valence-electron chi connectivity index (χ2n) is 10.3. The van der Waals surface area contributed by atoms with Crippen LogP contribution in [-0.4, -0.2) is 53.8 Å². The molecule has 2 aromatic rings. The molecule has 4 atom stereocenters. The van der Waals surface area contributed by atoms with Crippen molar-refractivity contribution in [3.63, 3.8) is 0 Å². The number of ether oxygens (including phenoxy) is 1. The van der Waals surface area contributed by atoms with Gasteiger partial charge in [0.25, 0.3) is 0 Å². The maximum atomic E-state index is 5.98. The summed E-state index contributed by atoms with van der Waals surface area (Å²) in [5.74, 6) is 1.40. The topological polar surface area (TPSA) is 41.5 Å². The predicted octanol–water partition coefficient (Wildman–Crippen LogP) is 4.69. The lowest BCUT2D eigenvalue weighted by Gasteiger charge is -2.34. The molecule has 2 bridgehead atoms. The molecule has 0 spiro atoms. The highest BCUT2D eigenvalue weighted by Gasteiger charge is 2.34. The third kappa shape index (κ3) is 4.35. The zero-order valence-corrected chi connectivity index (χ0v) is 19.4. The second kappa shape index (κ2) is 8.51. The van der Waals surface area contributed by atoms with E-state index in [0.29, 0.717) is 30.0 Å². The molecule has 5 heteroatoms. The first kappa shape index (κ1) is 20.9. The molecule has 0 radical (unpaired) electrons. The fraction of sp³-hybridized carbons (Fsp3) is 0.615. The van der Waals surface area contributed by atoms with Gasteiger partial charge in [0.15, 0.2) is 0 Å². The molecule has 166 valence electrons. The summed E-state index contributed by atoms with van der Waals surface area (Å²) in [5.41, 5.74) is 6.35. The number of hydrogen-bond donors (Lipinski definition) is 0. The summed E-state index contributed by atoms with van der Waals surface area (Å²) in [4.78, 5) is 14.8. The van der Waals surface area contributed by atoms with Crippen molar-refractivity contribution in [1.82, 2.24) is 14.9 Å². The Kier molecular flexibility index (Phi) is 5.74. The van der Waals surface area contributed by atoms with Crippen LogP contribution in [0.1, 0.15) is 80.4 Å². The van der Waals surface area contributed by atoms with Crippen LogP contribution >= 0.6 is 0 Å². The Labute approximate surface area is 186 Å². The minimum Gasteiger partial charge on any atom is -0.371 e. The van der Waals surface area contributed by atoms with Crippen LogP contribution in [-0.2, 0) is 11.3 Å². The van der Waals surface area contributed by atoms with Crippen LogP contribution in [0, 0.1) is 0 Å². The third-order valence-corrected chi connectivity index (χ3v) is 7.34. The molecule has 2 saturated heterocycles. The van der Waals surface area contributed by atoms with E-state index in [1.54, 1.807) is 0 Å². The highest BCUT2D eigenvalue weighted by Crippen LogP contribution is 2.36. The van der Waals surface area contributed by atoms with Gasteiger partial charge in [-0.05, 0) is 67.8 Å². The lowest BCUT2D eigenvalue weighted by molar-refractivity contribution is 0.0305. The molecule has 5 rings (SSSR count). The molecule has 2 unspecified atom stereocenters. The van der Waals surface area contributed by atoms with E-state index in [1.807, 2.05) is 0 Å². The molecule has 0 aliphatic carbocycles. The Morgan fingerprint density at radius 3 is 2.42 bits per heavy atom. The van der Waals surface area contributed by atoms with E-state index < -0.39 is 0 Å². The van der Waals surface area contributed by atoms with Gasteiger partial charge < -0.3 is 9.64 Å². The van der Waals surface area contributed by atoms with E-state index >= 15 is 0 Å². The van der Waals surface area contributed by atoms with Crippen LogP contribution in [0.2, 0.25) is 0 Å². The number of anilines is 1. The quantitative estimate of drug-likeness (QED) is 0.702. The fourth-order valence-electron chi connectivity index (χ4n) is 5.59. The Bertz CT molecular complexity index is 900. The van der Waals surface area contributed by atoms with E-state index in [0.717, 1.165) is 32.6 Å². The number of hydrogen-bond acceptors (Lipinski definition) is 5. The van der Waals surface area contributed by atoms with Crippen molar-refractivity contribution >= 4 is 5.69 Å². The Balaban J connectivity index is 1.28. The molecule has 31 heavy (non-hydrogen) atoms. The van der Waals surface area contributed by atoms with Gasteiger partial charge in [-0.15, -0.1) is 0 Å². The number of fused-ring (bicyclic) bond motifs is 3. The van der Waals surface area contributed by atoms with Gasteiger partial charge in [-0.1, -0.05) is 26.8 Å². The minimum atomic E-state index is 0.408. The van der Waals surface area contributed by atoms with Crippen molar-refractivity contribution in [3.05, 3.63) is 53.1 Å². The monoisotopic (exact) mass is 420 g/mol. The molecular weight excluding hydrogens is 384 g/mol. The van der Waals surface area contributed by atoms with Gasteiger partial charge in [0, 0.05) is 37.6 Å².